The summed E-state index contributed by atoms with van der Waals surface area (Å²) in [4.78, 5) is 35.0. The molecule has 1 N–H and O–H groups in total. The van der Waals surface area contributed by atoms with Gasteiger partial charge in [-0.1, -0.05) is 6.08 Å². The largest absolute Gasteiger partial charge is 0.465 e. The Hall–Kier alpha value is -2.28. The van der Waals surface area contributed by atoms with Crippen LogP contribution >= 0.6 is 11.8 Å². The van der Waals surface area contributed by atoms with E-state index in [9.17, 15) is 14.4 Å². The lowest BCUT2D eigenvalue weighted by molar-refractivity contribution is -0.113. The van der Waals surface area contributed by atoms with Gasteiger partial charge in [-0.15, -0.1) is 18.3 Å². The second kappa shape index (κ2) is 8.89. The highest BCUT2D eigenvalue weighted by atomic mass is 32.2. The molecule has 6 nitrogen and oxygen atoms in total. The number of anilines is 1. The molecule has 0 atom stereocenters. The van der Waals surface area contributed by atoms with Crippen molar-refractivity contribution < 1.29 is 23.9 Å². The van der Waals surface area contributed by atoms with Gasteiger partial charge in [-0.05, 0) is 18.2 Å². The predicted molar refractivity (Wildman–Crippen MR) is 85.3 cm³/mol. The summed E-state index contributed by atoms with van der Waals surface area (Å²) in [7, 11) is 2.47. The van der Waals surface area contributed by atoms with Gasteiger partial charge in [0.1, 0.15) is 0 Å². The Morgan fingerprint density at radius 3 is 2.14 bits per heavy atom. The Kier molecular flexibility index (Phi) is 7.18. The van der Waals surface area contributed by atoms with E-state index in [-0.39, 0.29) is 22.8 Å². The lowest BCUT2D eigenvalue weighted by Gasteiger charge is -2.09. The maximum atomic E-state index is 11.8. The molecule has 0 radical (unpaired) electrons. The fourth-order valence-electron chi connectivity index (χ4n) is 1.60. The van der Waals surface area contributed by atoms with Gasteiger partial charge in [0.05, 0.1) is 31.1 Å². The zero-order valence-corrected chi connectivity index (χ0v) is 13.2. The quantitative estimate of drug-likeness (QED) is 0.470. The van der Waals surface area contributed by atoms with Crippen LogP contribution in [0.15, 0.2) is 30.9 Å². The first-order valence-electron chi connectivity index (χ1n) is 6.32. The molecule has 0 saturated carbocycles. The minimum atomic E-state index is -0.609. The molecule has 0 unspecified atom stereocenters. The second-order valence-corrected chi connectivity index (χ2v) is 5.16. The molecule has 0 bridgehead atoms. The first-order chi connectivity index (χ1) is 10.5. The van der Waals surface area contributed by atoms with Crippen molar-refractivity contribution in [1.29, 1.82) is 0 Å². The van der Waals surface area contributed by atoms with Crippen LogP contribution in [0.2, 0.25) is 0 Å². The number of nitrogens with one attached hydrogen (secondary N) is 1. The van der Waals surface area contributed by atoms with Gasteiger partial charge < -0.3 is 14.8 Å². The average Bonchev–Trinajstić information content (AvgIpc) is 2.53. The highest BCUT2D eigenvalue weighted by Crippen LogP contribution is 2.17. The molecular formula is C15H17NO5S. The topological polar surface area (TPSA) is 81.7 Å². The summed E-state index contributed by atoms with van der Waals surface area (Å²) in [5.74, 6) is -0.570. The lowest BCUT2D eigenvalue weighted by atomic mass is 10.1. The molecule has 7 heteroatoms. The van der Waals surface area contributed by atoms with Crippen LogP contribution in [-0.2, 0) is 14.3 Å². The standard InChI is InChI=1S/C15H17NO5S/c1-4-5-22-9-13(17)16-12-7-10(14(18)20-2)6-11(8-12)15(19)21-3/h4,6-8H,1,5,9H2,2-3H3,(H,16,17). The number of amides is 1. The summed E-state index contributed by atoms with van der Waals surface area (Å²) < 4.78 is 9.25. The number of thioether (sulfide) groups is 1. The summed E-state index contributed by atoms with van der Waals surface area (Å²) in [6.07, 6.45) is 1.70. The minimum absolute atomic E-state index is 0.152. The Balaban J connectivity index is 2.97. The monoisotopic (exact) mass is 323 g/mol. The molecule has 0 spiro atoms. The summed E-state index contributed by atoms with van der Waals surface area (Å²) in [6, 6.07) is 4.22. The third-order valence-corrected chi connectivity index (χ3v) is 3.47. The van der Waals surface area contributed by atoms with E-state index in [1.54, 1.807) is 6.08 Å². The molecule has 1 amide bonds. The van der Waals surface area contributed by atoms with E-state index < -0.39 is 11.9 Å². The maximum absolute atomic E-state index is 11.8. The number of benzene rings is 1. The highest BCUT2D eigenvalue weighted by molar-refractivity contribution is 8.00. The van der Waals surface area contributed by atoms with Crippen LogP contribution in [-0.4, -0.2) is 43.6 Å². The Labute approximate surface area is 132 Å². The minimum Gasteiger partial charge on any atom is -0.465 e. The van der Waals surface area contributed by atoms with E-state index in [1.807, 2.05) is 0 Å². The fraction of sp³-hybridized carbons (Fsp3) is 0.267. The Bertz CT molecular complexity index is 551. The van der Waals surface area contributed by atoms with Crippen molar-refractivity contribution in [3.05, 3.63) is 42.0 Å². The van der Waals surface area contributed by atoms with Gasteiger partial charge >= 0.3 is 11.9 Å². The van der Waals surface area contributed by atoms with Crippen LogP contribution < -0.4 is 5.32 Å². The molecule has 0 saturated heterocycles. The van der Waals surface area contributed by atoms with Gasteiger partial charge in [-0.25, -0.2) is 9.59 Å². The molecule has 1 aromatic carbocycles. The third kappa shape index (κ3) is 5.25. The van der Waals surface area contributed by atoms with Gasteiger partial charge in [0, 0.05) is 11.4 Å². The van der Waals surface area contributed by atoms with Crippen LogP contribution in [0.25, 0.3) is 0 Å². The summed E-state index contributed by atoms with van der Waals surface area (Å²) in [5.41, 5.74) is 0.631. The van der Waals surface area contributed by atoms with E-state index in [0.29, 0.717) is 11.4 Å². The smallest absolute Gasteiger partial charge is 0.337 e. The van der Waals surface area contributed by atoms with Gasteiger partial charge in [0.25, 0.3) is 0 Å². The molecule has 0 aliphatic heterocycles. The van der Waals surface area contributed by atoms with Crippen molar-refractivity contribution in [2.24, 2.45) is 0 Å². The Morgan fingerprint density at radius 2 is 1.68 bits per heavy atom. The predicted octanol–water partition coefficient (Wildman–Crippen LogP) is 2.12. The highest BCUT2D eigenvalue weighted by Gasteiger charge is 2.14. The van der Waals surface area contributed by atoms with Gasteiger partial charge in [0.15, 0.2) is 0 Å². The zero-order chi connectivity index (χ0) is 16.5. The van der Waals surface area contributed by atoms with Crippen LogP contribution in [0.3, 0.4) is 0 Å². The number of carbonyl (C=O) groups excluding carboxylic acids is 3. The van der Waals surface area contributed by atoms with E-state index >= 15 is 0 Å². The SMILES string of the molecule is C=CCSCC(=O)Nc1cc(C(=O)OC)cc(C(=O)OC)c1. The number of carbonyl (C=O) groups is 3. The molecule has 0 fully saturated rings. The number of esters is 2. The van der Waals surface area contributed by atoms with Crippen molar-refractivity contribution in [3.8, 4) is 0 Å². The Morgan fingerprint density at radius 1 is 1.14 bits per heavy atom. The zero-order valence-electron chi connectivity index (χ0n) is 12.4. The van der Waals surface area contributed by atoms with Gasteiger partial charge in [-0.2, -0.15) is 0 Å². The second-order valence-electron chi connectivity index (χ2n) is 4.13. The number of hydrogen-bond donors (Lipinski definition) is 1. The van der Waals surface area contributed by atoms with Gasteiger partial charge in [-0.3, -0.25) is 4.79 Å². The maximum Gasteiger partial charge on any atom is 0.337 e. The summed E-state index contributed by atoms with van der Waals surface area (Å²) in [5, 5.41) is 2.63. The van der Waals surface area contributed by atoms with Gasteiger partial charge in [0.2, 0.25) is 5.91 Å². The molecule has 0 aliphatic rings. The van der Waals surface area contributed by atoms with Crippen molar-refractivity contribution >= 4 is 35.3 Å². The first-order valence-corrected chi connectivity index (χ1v) is 7.47. The van der Waals surface area contributed by atoms with Crippen LogP contribution in [0, 0.1) is 0 Å². The summed E-state index contributed by atoms with van der Waals surface area (Å²) in [6.45, 7) is 3.57. The number of methoxy groups -OCH3 is 2. The molecule has 0 heterocycles. The van der Waals surface area contributed by atoms with E-state index in [1.165, 1.54) is 44.2 Å². The van der Waals surface area contributed by atoms with E-state index in [4.69, 9.17) is 0 Å². The van der Waals surface area contributed by atoms with Crippen LogP contribution in [0.4, 0.5) is 5.69 Å². The van der Waals surface area contributed by atoms with Crippen LogP contribution in [0.5, 0.6) is 0 Å². The molecule has 0 aromatic heterocycles. The molecule has 1 rings (SSSR count). The number of ether oxygens (including phenoxy) is 2. The van der Waals surface area contributed by atoms with Crippen molar-refractivity contribution in [2.75, 3.05) is 31.0 Å². The lowest BCUT2D eigenvalue weighted by Crippen LogP contribution is -2.16. The van der Waals surface area contributed by atoms with Crippen molar-refractivity contribution in [2.45, 2.75) is 0 Å². The average molecular weight is 323 g/mol. The molecule has 22 heavy (non-hydrogen) atoms. The molecular weight excluding hydrogens is 306 g/mol. The third-order valence-electron chi connectivity index (χ3n) is 2.53. The summed E-state index contributed by atoms with van der Waals surface area (Å²) >= 11 is 1.40. The van der Waals surface area contributed by atoms with E-state index in [0.717, 1.165) is 0 Å². The normalized spacial score (nSPS) is 9.73. The van der Waals surface area contributed by atoms with Crippen molar-refractivity contribution in [3.63, 3.8) is 0 Å². The van der Waals surface area contributed by atoms with Crippen LogP contribution in [0.1, 0.15) is 20.7 Å². The molecule has 1 aromatic rings. The van der Waals surface area contributed by atoms with E-state index in [2.05, 4.69) is 21.4 Å². The number of hydrogen-bond acceptors (Lipinski definition) is 6. The number of rotatable bonds is 7. The first kappa shape index (κ1) is 17.8. The fourth-order valence-corrected chi connectivity index (χ4v) is 2.15. The molecule has 118 valence electrons. The molecule has 0 aliphatic carbocycles. The van der Waals surface area contributed by atoms with Crippen molar-refractivity contribution in [1.82, 2.24) is 0 Å².